The summed E-state index contributed by atoms with van der Waals surface area (Å²) in [6, 6.07) is 5.49. The van der Waals surface area contributed by atoms with E-state index in [-0.39, 0.29) is 6.42 Å². The van der Waals surface area contributed by atoms with Crippen LogP contribution in [0.2, 0.25) is 0 Å². The van der Waals surface area contributed by atoms with Gasteiger partial charge in [0.05, 0.1) is 6.42 Å². The SMILES string of the molecule is Cc1nc(NCCC(=O)O)cc(Nc2ccc[nH]2)n1. The minimum atomic E-state index is -0.844. The molecule has 4 N–H and O–H groups in total. The number of carbonyl (C=O) groups is 1. The van der Waals surface area contributed by atoms with E-state index < -0.39 is 5.97 Å². The molecule has 0 bridgehead atoms. The molecule has 7 heteroatoms. The maximum atomic E-state index is 10.4. The Labute approximate surface area is 110 Å². The fraction of sp³-hybridized carbons (Fsp3) is 0.250. The topological polar surface area (TPSA) is 103 Å². The van der Waals surface area contributed by atoms with Gasteiger partial charge in [-0.1, -0.05) is 0 Å². The predicted molar refractivity (Wildman–Crippen MR) is 71.6 cm³/mol. The lowest BCUT2D eigenvalue weighted by atomic mass is 10.4. The highest BCUT2D eigenvalue weighted by atomic mass is 16.4. The van der Waals surface area contributed by atoms with Gasteiger partial charge < -0.3 is 20.7 Å². The quantitative estimate of drug-likeness (QED) is 0.631. The van der Waals surface area contributed by atoms with Crippen molar-refractivity contribution < 1.29 is 9.90 Å². The van der Waals surface area contributed by atoms with Crippen molar-refractivity contribution in [3.8, 4) is 0 Å². The van der Waals surface area contributed by atoms with Crippen molar-refractivity contribution in [2.75, 3.05) is 17.2 Å². The lowest BCUT2D eigenvalue weighted by Gasteiger charge is -2.08. The monoisotopic (exact) mass is 261 g/mol. The number of hydrogen-bond acceptors (Lipinski definition) is 5. The van der Waals surface area contributed by atoms with E-state index in [1.807, 2.05) is 18.3 Å². The number of anilines is 3. The summed E-state index contributed by atoms with van der Waals surface area (Å²) in [4.78, 5) is 21.9. The number of aliphatic carboxylic acids is 1. The van der Waals surface area contributed by atoms with Crippen molar-refractivity contribution in [2.24, 2.45) is 0 Å². The normalized spacial score (nSPS) is 10.2. The zero-order chi connectivity index (χ0) is 13.7. The number of nitrogens with zero attached hydrogens (tertiary/aromatic N) is 2. The molecule has 7 nitrogen and oxygen atoms in total. The van der Waals surface area contributed by atoms with Crippen LogP contribution in [0.5, 0.6) is 0 Å². The van der Waals surface area contributed by atoms with Crippen LogP contribution >= 0.6 is 0 Å². The highest BCUT2D eigenvalue weighted by molar-refractivity contribution is 5.67. The first kappa shape index (κ1) is 12.9. The average Bonchev–Trinajstić information content (AvgIpc) is 2.80. The third kappa shape index (κ3) is 3.98. The van der Waals surface area contributed by atoms with Crippen LogP contribution in [-0.4, -0.2) is 32.6 Å². The Balaban J connectivity index is 2.04. The maximum absolute atomic E-state index is 10.4. The van der Waals surface area contributed by atoms with Gasteiger partial charge in [0.2, 0.25) is 0 Å². The molecular formula is C12H15N5O2. The van der Waals surface area contributed by atoms with Crippen LogP contribution in [-0.2, 0) is 4.79 Å². The van der Waals surface area contributed by atoms with Gasteiger partial charge in [-0.2, -0.15) is 0 Å². The van der Waals surface area contributed by atoms with Gasteiger partial charge in [0.1, 0.15) is 23.3 Å². The number of hydrogen-bond donors (Lipinski definition) is 4. The fourth-order valence-electron chi connectivity index (χ4n) is 1.57. The van der Waals surface area contributed by atoms with Crippen LogP contribution in [0.25, 0.3) is 0 Å². The molecule has 2 aromatic rings. The van der Waals surface area contributed by atoms with E-state index in [1.165, 1.54) is 0 Å². The Kier molecular flexibility index (Phi) is 3.97. The molecule has 0 fully saturated rings. The summed E-state index contributed by atoms with van der Waals surface area (Å²) in [6.07, 6.45) is 1.85. The van der Waals surface area contributed by atoms with E-state index in [0.29, 0.717) is 24.0 Å². The van der Waals surface area contributed by atoms with Gasteiger partial charge in [0.25, 0.3) is 0 Å². The second-order valence-electron chi connectivity index (χ2n) is 3.96. The summed E-state index contributed by atoms with van der Waals surface area (Å²) >= 11 is 0. The summed E-state index contributed by atoms with van der Waals surface area (Å²) in [5.41, 5.74) is 0. The van der Waals surface area contributed by atoms with Crippen molar-refractivity contribution in [1.82, 2.24) is 15.0 Å². The third-order valence-corrected chi connectivity index (χ3v) is 2.34. The molecule has 0 amide bonds. The van der Waals surface area contributed by atoms with Gasteiger partial charge >= 0.3 is 5.97 Å². The van der Waals surface area contributed by atoms with E-state index in [4.69, 9.17) is 5.11 Å². The van der Waals surface area contributed by atoms with Crippen LogP contribution < -0.4 is 10.6 Å². The molecule has 0 aliphatic heterocycles. The molecule has 0 aliphatic rings. The molecule has 2 rings (SSSR count). The van der Waals surface area contributed by atoms with Crippen LogP contribution in [0, 0.1) is 6.92 Å². The second kappa shape index (κ2) is 5.85. The zero-order valence-electron chi connectivity index (χ0n) is 10.5. The summed E-state index contributed by atoms with van der Waals surface area (Å²) < 4.78 is 0. The first-order valence-corrected chi connectivity index (χ1v) is 5.85. The first-order chi connectivity index (χ1) is 9.13. The largest absolute Gasteiger partial charge is 0.481 e. The van der Waals surface area contributed by atoms with E-state index >= 15 is 0 Å². The fourth-order valence-corrected chi connectivity index (χ4v) is 1.57. The van der Waals surface area contributed by atoms with E-state index in [9.17, 15) is 4.79 Å². The molecule has 0 saturated carbocycles. The number of carboxylic acid groups (broad SMARTS) is 1. The lowest BCUT2D eigenvalue weighted by molar-refractivity contribution is -0.136. The number of aryl methyl sites for hydroxylation is 1. The van der Waals surface area contributed by atoms with E-state index in [1.54, 1.807) is 13.0 Å². The standard InChI is InChI=1S/C12H15N5O2/c1-8-15-10(14-6-4-12(18)19)7-11(16-8)17-9-3-2-5-13-9/h2-3,5,7,13H,4,6H2,1H3,(H,18,19)(H2,14,15,16,17). The summed E-state index contributed by atoms with van der Waals surface area (Å²) in [5, 5.41) is 14.6. The molecule has 0 saturated heterocycles. The number of H-pyrrole nitrogens is 1. The molecule has 0 unspecified atom stereocenters. The van der Waals surface area contributed by atoms with Crippen LogP contribution in [0.1, 0.15) is 12.2 Å². The van der Waals surface area contributed by atoms with Gasteiger partial charge in [-0.05, 0) is 19.1 Å². The molecule has 19 heavy (non-hydrogen) atoms. The van der Waals surface area contributed by atoms with Crippen molar-refractivity contribution in [3.05, 3.63) is 30.2 Å². The van der Waals surface area contributed by atoms with Gasteiger partial charge in [-0.15, -0.1) is 0 Å². The highest BCUT2D eigenvalue weighted by Gasteiger charge is 2.03. The predicted octanol–water partition coefficient (Wildman–Crippen LogP) is 1.74. The average molecular weight is 261 g/mol. The number of aromatic nitrogens is 3. The van der Waals surface area contributed by atoms with Crippen molar-refractivity contribution in [2.45, 2.75) is 13.3 Å². The van der Waals surface area contributed by atoms with Crippen LogP contribution in [0.4, 0.5) is 17.5 Å². The minimum Gasteiger partial charge on any atom is -0.481 e. The van der Waals surface area contributed by atoms with E-state index in [0.717, 1.165) is 5.82 Å². The molecule has 2 heterocycles. The molecule has 0 aliphatic carbocycles. The van der Waals surface area contributed by atoms with Crippen molar-refractivity contribution in [3.63, 3.8) is 0 Å². The Bertz CT molecular complexity index is 553. The minimum absolute atomic E-state index is 0.0441. The molecule has 2 aromatic heterocycles. The lowest BCUT2D eigenvalue weighted by Crippen LogP contribution is -2.10. The van der Waals surface area contributed by atoms with Crippen LogP contribution in [0.3, 0.4) is 0 Å². The van der Waals surface area contributed by atoms with Crippen LogP contribution in [0.15, 0.2) is 24.4 Å². The third-order valence-electron chi connectivity index (χ3n) is 2.34. The second-order valence-corrected chi connectivity index (χ2v) is 3.96. The van der Waals surface area contributed by atoms with Gasteiger partial charge in [-0.3, -0.25) is 4.79 Å². The Morgan fingerprint density at radius 2 is 2.21 bits per heavy atom. The Morgan fingerprint density at radius 1 is 1.42 bits per heavy atom. The number of rotatable bonds is 6. The zero-order valence-corrected chi connectivity index (χ0v) is 10.5. The summed E-state index contributed by atoms with van der Waals surface area (Å²) in [6.45, 7) is 2.11. The highest BCUT2D eigenvalue weighted by Crippen LogP contribution is 2.15. The molecular weight excluding hydrogens is 246 g/mol. The van der Waals surface area contributed by atoms with Gasteiger partial charge in [0, 0.05) is 18.8 Å². The van der Waals surface area contributed by atoms with Gasteiger partial charge in [-0.25, -0.2) is 9.97 Å². The summed E-state index contributed by atoms with van der Waals surface area (Å²) in [7, 11) is 0. The van der Waals surface area contributed by atoms with Crippen molar-refractivity contribution in [1.29, 1.82) is 0 Å². The number of carboxylic acids is 1. The Hall–Kier alpha value is -2.57. The maximum Gasteiger partial charge on any atom is 0.305 e. The smallest absolute Gasteiger partial charge is 0.305 e. The molecule has 100 valence electrons. The summed E-state index contributed by atoms with van der Waals surface area (Å²) in [5.74, 6) is 1.84. The molecule has 0 atom stereocenters. The molecule has 0 spiro atoms. The first-order valence-electron chi connectivity index (χ1n) is 5.85. The molecule has 0 aromatic carbocycles. The Morgan fingerprint density at radius 3 is 2.89 bits per heavy atom. The van der Waals surface area contributed by atoms with Crippen molar-refractivity contribution >= 4 is 23.4 Å². The molecule has 0 radical (unpaired) electrons. The van der Waals surface area contributed by atoms with Gasteiger partial charge in [0.15, 0.2) is 0 Å². The number of aromatic amines is 1. The number of nitrogens with one attached hydrogen (secondary N) is 3. The van der Waals surface area contributed by atoms with E-state index in [2.05, 4.69) is 25.6 Å².